The van der Waals surface area contributed by atoms with Crippen LogP contribution in [0.25, 0.3) is 0 Å². The van der Waals surface area contributed by atoms with Gasteiger partial charge in [0.25, 0.3) is 0 Å². The summed E-state index contributed by atoms with van der Waals surface area (Å²) in [5.41, 5.74) is 5.72. The number of hydrogen-bond donors (Lipinski definition) is 2. The molecule has 1 saturated heterocycles. The lowest BCUT2D eigenvalue weighted by Gasteiger charge is -2.38. The molecule has 0 aliphatic carbocycles. The molecule has 0 aromatic carbocycles. The highest BCUT2D eigenvalue weighted by atomic mass is 16.4. The topological polar surface area (TPSA) is 78.9 Å². The highest BCUT2D eigenvalue weighted by molar-refractivity contribution is 5.86. The van der Waals surface area contributed by atoms with Crippen molar-refractivity contribution in [3.05, 3.63) is 0 Å². The maximum Gasteiger partial charge on any atom is 0.222 e. The smallest absolute Gasteiger partial charge is 0.222 e. The lowest BCUT2D eigenvalue weighted by atomic mass is 9.79. The minimum Gasteiger partial charge on any atom is -0.409 e. The first-order valence-electron chi connectivity index (χ1n) is 7.83. The summed E-state index contributed by atoms with van der Waals surface area (Å²) in [5, 5.41) is 12.0. The number of carbonyl (C=O) groups is 1. The van der Waals surface area contributed by atoms with Crippen molar-refractivity contribution in [2.24, 2.45) is 27.6 Å². The standard InChI is InChI=1S/C16H31N3O2/c1-12(11-15(2,3)4)10-13(20)19-8-6-16(5,7-9-19)14(17)18-21/h12,21H,6-11H2,1-5H3,(H2,17,18). The maximum absolute atomic E-state index is 12.4. The monoisotopic (exact) mass is 297 g/mol. The third kappa shape index (κ3) is 5.21. The van der Waals surface area contributed by atoms with Crippen molar-refractivity contribution >= 4 is 11.7 Å². The number of likely N-dealkylation sites (tertiary alicyclic amines) is 1. The Morgan fingerprint density at radius 2 is 1.90 bits per heavy atom. The number of hydrogen-bond acceptors (Lipinski definition) is 3. The van der Waals surface area contributed by atoms with E-state index in [1.54, 1.807) is 0 Å². The predicted molar refractivity (Wildman–Crippen MR) is 85.2 cm³/mol. The zero-order chi connectivity index (χ0) is 16.3. The number of nitrogens with zero attached hydrogens (tertiary/aromatic N) is 2. The van der Waals surface area contributed by atoms with Crippen LogP contribution in [0.5, 0.6) is 0 Å². The van der Waals surface area contributed by atoms with Crippen LogP contribution in [-0.4, -0.2) is 34.9 Å². The Morgan fingerprint density at radius 1 is 1.38 bits per heavy atom. The Balaban J connectivity index is 2.49. The summed E-state index contributed by atoms with van der Waals surface area (Å²) < 4.78 is 0. The molecule has 122 valence electrons. The minimum absolute atomic E-state index is 0.230. The summed E-state index contributed by atoms with van der Waals surface area (Å²) in [6.07, 6.45) is 3.16. The first-order chi connectivity index (χ1) is 9.57. The van der Waals surface area contributed by atoms with Crippen molar-refractivity contribution in [3.8, 4) is 0 Å². The van der Waals surface area contributed by atoms with Crippen LogP contribution >= 0.6 is 0 Å². The first-order valence-corrected chi connectivity index (χ1v) is 7.83. The molecule has 0 spiro atoms. The van der Waals surface area contributed by atoms with Gasteiger partial charge in [-0.05, 0) is 30.6 Å². The van der Waals surface area contributed by atoms with E-state index in [0.717, 1.165) is 19.3 Å². The van der Waals surface area contributed by atoms with Gasteiger partial charge in [0.1, 0.15) is 5.84 Å². The van der Waals surface area contributed by atoms with Gasteiger partial charge in [-0.1, -0.05) is 39.8 Å². The normalized spacial score (nSPS) is 21.2. The summed E-state index contributed by atoms with van der Waals surface area (Å²) in [7, 11) is 0. The summed E-state index contributed by atoms with van der Waals surface area (Å²) in [5.74, 6) is 0.902. The van der Waals surface area contributed by atoms with Gasteiger partial charge < -0.3 is 15.8 Å². The van der Waals surface area contributed by atoms with E-state index in [2.05, 4.69) is 32.9 Å². The molecular formula is C16H31N3O2. The van der Waals surface area contributed by atoms with Gasteiger partial charge >= 0.3 is 0 Å². The third-order valence-electron chi connectivity index (χ3n) is 4.43. The fourth-order valence-electron chi connectivity index (χ4n) is 3.17. The maximum atomic E-state index is 12.4. The Morgan fingerprint density at radius 3 is 2.33 bits per heavy atom. The van der Waals surface area contributed by atoms with Crippen LogP contribution in [0.3, 0.4) is 0 Å². The molecule has 0 radical (unpaired) electrons. The molecule has 1 rings (SSSR count). The van der Waals surface area contributed by atoms with Crippen LogP contribution in [0, 0.1) is 16.7 Å². The second-order valence-electron chi connectivity index (χ2n) is 8.00. The number of nitrogens with two attached hydrogens (primary N) is 1. The van der Waals surface area contributed by atoms with Crippen molar-refractivity contribution in [2.45, 2.75) is 60.3 Å². The first kappa shape index (κ1) is 17.8. The second kappa shape index (κ2) is 6.67. The molecule has 1 amide bonds. The summed E-state index contributed by atoms with van der Waals surface area (Å²) in [6, 6.07) is 0. The van der Waals surface area contributed by atoms with Gasteiger partial charge in [-0.25, -0.2) is 0 Å². The molecule has 1 aliphatic heterocycles. The van der Waals surface area contributed by atoms with E-state index in [4.69, 9.17) is 10.9 Å². The molecule has 3 N–H and O–H groups in total. The predicted octanol–water partition coefficient (Wildman–Crippen LogP) is 2.82. The number of amidine groups is 1. The summed E-state index contributed by atoms with van der Waals surface area (Å²) in [6.45, 7) is 12.1. The molecular weight excluding hydrogens is 266 g/mol. The van der Waals surface area contributed by atoms with Crippen LogP contribution < -0.4 is 5.73 Å². The second-order valence-corrected chi connectivity index (χ2v) is 8.00. The van der Waals surface area contributed by atoms with Crippen LogP contribution in [-0.2, 0) is 4.79 Å². The number of oxime groups is 1. The van der Waals surface area contributed by atoms with Crippen LogP contribution in [0.4, 0.5) is 0 Å². The van der Waals surface area contributed by atoms with Crippen molar-refractivity contribution < 1.29 is 10.0 Å². The van der Waals surface area contributed by atoms with E-state index in [1.165, 1.54) is 0 Å². The van der Waals surface area contributed by atoms with Crippen LogP contribution in [0.2, 0.25) is 0 Å². The van der Waals surface area contributed by atoms with Crippen molar-refractivity contribution in [2.75, 3.05) is 13.1 Å². The fourth-order valence-corrected chi connectivity index (χ4v) is 3.17. The number of rotatable bonds is 4. The lowest BCUT2D eigenvalue weighted by molar-refractivity contribution is -0.133. The van der Waals surface area contributed by atoms with Gasteiger partial charge in [0, 0.05) is 24.9 Å². The fraction of sp³-hybridized carbons (Fsp3) is 0.875. The van der Waals surface area contributed by atoms with E-state index in [9.17, 15) is 4.79 Å². The van der Waals surface area contributed by atoms with E-state index >= 15 is 0 Å². The lowest BCUT2D eigenvalue weighted by Crippen LogP contribution is -2.47. The summed E-state index contributed by atoms with van der Waals surface area (Å²) >= 11 is 0. The molecule has 5 nitrogen and oxygen atoms in total. The Labute approximate surface area is 128 Å². The molecule has 0 saturated carbocycles. The van der Waals surface area contributed by atoms with Crippen molar-refractivity contribution in [1.82, 2.24) is 4.90 Å². The highest BCUT2D eigenvalue weighted by Gasteiger charge is 2.35. The molecule has 1 unspecified atom stereocenters. The SMILES string of the molecule is CC(CC(=O)N1CCC(C)(C(N)=NO)CC1)CC(C)(C)C. The van der Waals surface area contributed by atoms with E-state index in [-0.39, 0.29) is 22.6 Å². The van der Waals surface area contributed by atoms with Gasteiger partial charge in [-0.3, -0.25) is 4.79 Å². The molecule has 21 heavy (non-hydrogen) atoms. The molecule has 0 aromatic heterocycles. The van der Waals surface area contributed by atoms with Gasteiger partial charge in [0.2, 0.25) is 5.91 Å². The van der Waals surface area contributed by atoms with Crippen LogP contribution in [0.15, 0.2) is 5.16 Å². The molecule has 1 fully saturated rings. The molecule has 1 heterocycles. The quantitative estimate of drug-likeness (QED) is 0.362. The average Bonchev–Trinajstić information content (AvgIpc) is 2.36. The number of carbonyl (C=O) groups excluding carboxylic acids is 1. The zero-order valence-electron chi connectivity index (χ0n) is 14.1. The minimum atomic E-state index is -0.289. The Hall–Kier alpha value is -1.26. The van der Waals surface area contributed by atoms with E-state index in [0.29, 0.717) is 25.4 Å². The Kier molecular flexibility index (Phi) is 5.65. The van der Waals surface area contributed by atoms with Gasteiger partial charge in [-0.2, -0.15) is 0 Å². The molecule has 1 aliphatic rings. The van der Waals surface area contributed by atoms with E-state index < -0.39 is 0 Å². The van der Waals surface area contributed by atoms with Gasteiger partial charge in [0.15, 0.2) is 0 Å². The van der Waals surface area contributed by atoms with Crippen LogP contribution in [0.1, 0.15) is 60.3 Å². The number of amides is 1. The third-order valence-corrected chi connectivity index (χ3v) is 4.43. The van der Waals surface area contributed by atoms with Crippen molar-refractivity contribution in [3.63, 3.8) is 0 Å². The zero-order valence-corrected chi connectivity index (χ0v) is 14.1. The molecule has 1 atom stereocenters. The Bertz CT molecular complexity index is 391. The molecule has 0 bridgehead atoms. The van der Waals surface area contributed by atoms with Crippen molar-refractivity contribution in [1.29, 1.82) is 0 Å². The average molecular weight is 297 g/mol. The molecule has 0 aromatic rings. The largest absolute Gasteiger partial charge is 0.409 e. The van der Waals surface area contributed by atoms with E-state index in [1.807, 2.05) is 11.8 Å². The van der Waals surface area contributed by atoms with Gasteiger partial charge in [-0.15, -0.1) is 0 Å². The number of piperidine rings is 1. The molecule has 5 heteroatoms. The summed E-state index contributed by atoms with van der Waals surface area (Å²) in [4.78, 5) is 14.3. The van der Waals surface area contributed by atoms with Gasteiger partial charge in [0.05, 0.1) is 0 Å². The highest BCUT2D eigenvalue weighted by Crippen LogP contribution is 2.32.